The maximum absolute atomic E-state index is 12.8. The standard InChI is InChI=1S/C29H25NO4/c1-19(2)18-33-28-22(7-6-10-26(28)32-3)15-16-25-27(21-13-11-20(17-30)12-14-21)23-8-4-5-9-24(23)29(31)34-25/h4-16,19H,18H2,1-3H3. The highest BCUT2D eigenvalue weighted by atomic mass is 16.5. The van der Waals surface area contributed by atoms with Crippen LogP contribution in [0.15, 0.2) is 75.9 Å². The van der Waals surface area contributed by atoms with Crippen molar-refractivity contribution in [3.63, 3.8) is 0 Å². The van der Waals surface area contributed by atoms with E-state index in [9.17, 15) is 10.1 Å². The average molecular weight is 452 g/mol. The molecule has 4 rings (SSSR count). The molecule has 0 saturated heterocycles. The van der Waals surface area contributed by atoms with Crippen LogP contribution in [0, 0.1) is 17.2 Å². The molecule has 0 unspecified atom stereocenters. The molecular weight excluding hydrogens is 426 g/mol. The lowest BCUT2D eigenvalue weighted by molar-refractivity contribution is 0.256. The molecule has 1 heterocycles. The molecule has 0 aliphatic carbocycles. The molecule has 0 atom stereocenters. The van der Waals surface area contributed by atoms with Gasteiger partial charge in [-0.1, -0.05) is 56.3 Å². The number of rotatable bonds is 7. The molecule has 170 valence electrons. The Kier molecular flexibility index (Phi) is 6.79. The molecule has 0 N–H and O–H groups in total. The van der Waals surface area contributed by atoms with E-state index in [0.717, 1.165) is 22.1 Å². The second kappa shape index (κ2) is 10.1. The first kappa shape index (κ1) is 22.9. The molecule has 0 radical (unpaired) electrons. The number of hydrogen-bond donors (Lipinski definition) is 0. The summed E-state index contributed by atoms with van der Waals surface area (Å²) in [6, 6.07) is 22.4. The van der Waals surface area contributed by atoms with Gasteiger partial charge in [-0.2, -0.15) is 5.26 Å². The van der Waals surface area contributed by atoms with Crippen LogP contribution in [0.1, 0.15) is 30.7 Å². The molecule has 3 aromatic carbocycles. The first-order chi connectivity index (χ1) is 16.5. The topological polar surface area (TPSA) is 72.5 Å². The van der Waals surface area contributed by atoms with Crippen LogP contribution in [0.3, 0.4) is 0 Å². The highest BCUT2D eigenvalue weighted by Gasteiger charge is 2.15. The number of ether oxygens (including phenoxy) is 2. The van der Waals surface area contributed by atoms with E-state index in [1.807, 2.05) is 54.6 Å². The number of para-hydroxylation sites is 1. The summed E-state index contributed by atoms with van der Waals surface area (Å²) in [5, 5.41) is 10.5. The highest BCUT2D eigenvalue weighted by Crippen LogP contribution is 2.35. The summed E-state index contributed by atoms with van der Waals surface area (Å²) < 4.78 is 17.3. The summed E-state index contributed by atoms with van der Waals surface area (Å²) in [5.74, 6) is 2.04. The Morgan fingerprint density at radius 2 is 1.71 bits per heavy atom. The number of hydrogen-bond acceptors (Lipinski definition) is 5. The zero-order valence-corrected chi connectivity index (χ0v) is 19.4. The average Bonchev–Trinajstić information content (AvgIpc) is 2.86. The Morgan fingerprint density at radius 3 is 2.38 bits per heavy atom. The normalized spacial score (nSPS) is 11.1. The number of benzene rings is 3. The molecule has 0 saturated carbocycles. The van der Waals surface area contributed by atoms with E-state index < -0.39 is 5.63 Å². The van der Waals surface area contributed by atoms with Crippen molar-refractivity contribution in [3.05, 3.63) is 94.0 Å². The first-order valence-corrected chi connectivity index (χ1v) is 11.1. The summed E-state index contributed by atoms with van der Waals surface area (Å²) in [5.41, 5.74) is 2.59. The zero-order valence-electron chi connectivity index (χ0n) is 19.4. The van der Waals surface area contributed by atoms with Crippen LogP contribution < -0.4 is 15.1 Å². The molecule has 0 amide bonds. The number of methoxy groups -OCH3 is 1. The molecule has 0 spiro atoms. The second-order valence-electron chi connectivity index (χ2n) is 8.28. The van der Waals surface area contributed by atoms with Gasteiger partial charge in [0.2, 0.25) is 0 Å². The van der Waals surface area contributed by atoms with Crippen molar-refractivity contribution in [1.82, 2.24) is 0 Å². The minimum Gasteiger partial charge on any atom is -0.493 e. The Balaban J connectivity index is 1.87. The lowest BCUT2D eigenvalue weighted by Gasteiger charge is -2.15. The lowest BCUT2D eigenvalue weighted by Crippen LogP contribution is -2.06. The van der Waals surface area contributed by atoms with E-state index in [0.29, 0.717) is 40.7 Å². The summed E-state index contributed by atoms with van der Waals surface area (Å²) in [4.78, 5) is 12.8. The summed E-state index contributed by atoms with van der Waals surface area (Å²) >= 11 is 0. The molecule has 34 heavy (non-hydrogen) atoms. The molecule has 5 nitrogen and oxygen atoms in total. The molecule has 0 aliphatic heterocycles. The van der Waals surface area contributed by atoms with Gasteiger partial charge in [-0.05, 0) is 47.9 Å². The van der Waals surface area contributed by atoms with Crippen LogP contribution in [0.4, 0.5) is 0 Å². The van der Waals surface area contributed by atoms with Crippen molar-refractivity contribution in [2.24, 2.45) is 5.92 Å². The first-order valence-electron chi connectivity index (χ1n) is 11.1. The molecule has 0 fully saturated rings. The van der Waals surface area contributed by atoms with Gasteiger partial charge >= 0.3 is 5.63 Å². The highest BCUT2D eigenvalue weighted by molar-refractivity contribution is 5.99. The number of fused-ring (bicyclic) bond motifs is 1. The Morgan fingerprint density at radius 1 is 0.971 bits per heavy atom. The molecule has 4 aromatic rings. The Bertz CT molecular complexity index is 1440. The summed E-state index contributed by atoms with van der Waals surface area (Å²) in [6.45, 7) is 4.71. The summed E-state index contributed by atoms with van der Waals surface area (Å²) in [6.07, 6.45) is 3.64. The lowest BCUT2D eigenvalue weighted by atomic mass is 9.97. The number of nitriles is 1. The number of nitrogens with zero attached hydrogens (tertiary/aromatic N) is 1. The van der Waals surface area contributed by atoms with Crippen molar-refractivity contribution in [2.75, 3.05) is 13.7 Å². The molecule has 0 bridgehead atoms. The minimum absolute atomic E-state index is 0.350. The van der Waals surface area contributed by atoms with E-state index in [-0.39, 0.29) is 0 Å². The van der Waals surface area contributed by atoms with Gasteiger partial charge in [0.25, 0.3) is 0 Å². The molecule has 5 heteroatoms. The third-order valence-corrected chi connectivity index (χ3v) is 5.37. The van der Waals surface area contributed by atoms with E-state index >= 15 is 0 Å². The SMILES string of the molecule is COc1cccc(C=Cc2oc(=O)c3ccccc3c2-c2ccc(C#N)cc2)c1OCC(C)C. The second-order valence-corrected chi connectivity index (χ2v) is 8.28. The largest absolute Gasteiger partial charge is 0.493 e. The fourth-order valence-electron chi connectivity index (χ4n) is 3.74. The maximum Gasteiger partial charge on any atom is 0.344 e. The third-order valence-electron chi connectivity index (χ3n) is 5.37. The van der Waals surface area contributed by atoms with Gasteiger partial charge < -0.3 is 13.9 Å². The molecule has 1 aromatic heterocycles. The fraction of sp³-hybridized carbons (Fsp3) is 0.172. The quantitative estimate of drug-likeness (QED) is 0.319. The smallest absolute Gasteiger partial charge is 0.344 e. The Hall–Kier alpha value is -4.30. The monoisotopic (exact) mass is 451 g/mol. The van der Waals surface area contributed by atoms with Crippen LogP contribution in [0.25, 0.3) is 34.1 Å². The predicted octanol–water partition coefficient (Wildman–Crippen LogP) is 6.55. The van der Waals surface area contributed by atoms with Gasteiger partial charge in [-0.15, -0.1) is 0 Å². The van der Waals surface area contributed by atoms with Crippen molar-refractivity contribution in [2.45, 2.75) is 13.8 Å². The van der Waals surface area contributed by atoms with Crippen molar-refractivity contribution in [3.8, 4) is 28.7 Å². The zero-order chi connectivity index (χ0) is 24.1. The van der Waals surface area contributed by atoms with Gasteiger partial charge in [0.1, 0.15) is 5.76 Å². The van der Waals surface area contributed by atoms with Crippen molar-refractivity contribution in [1.29, 1.82) is 5.26 Å². The fourth-order valence-corrected chi connectivity index (χ4v) is 3.74. The molecule has 0 aliphatic rings. The van der Waals surface area contributed by atoms with Gasteiger partial charge in [0, 0.05) is 16.5 Å². The van der Waals surface area contributed by atoms with Gasteiger partial charge in [-0.25, -0.2) is 4.79 Å². The summed E-state index contributed by atoms with van der Waals surface area (Å²) in [7, 11) is 1.61. The molecular formula is C29H25NO4. The van der Waals surface area contributed by atoms with Crippen LogP contribution in [-0.2, 0) is 0 Å². The van der Waals surface area contributed by atoms with E-state index in [4.69, 9.17) is 13.9 Å². The van der Waals surface area contributed by atoms with Crippen LogP contribution in [-0.4, -0.2) is 13.7 Å². The van der Waals surface area contributed by atoms with Crippen molar-refractivity contribution >= 4 is 22.9 Å². The van der Waals surface area contributed by atoms with Gasteiger partial charge in [0.15, 0.2) is 11.5 Å². The Labute approximate surface area is 198 Å². The minimum atomic E-state index is -0.408. The predicted molar refractivity (Wildman–Crippen MR) is 135 cm³/mol. The van der Waals surface area contributed by atoms with Crippen LogP contribution in [0.2, 0.25) is 0 Å². The van der Waals surface area contributed by atoms with Crippen molar-refractivity contribution < 1.29 is 13.9 Å². The van der Waals surface area contributed by atoms with Crippen LogP contribution in [0.5, 0.6) is 11.5 Å². The van der Waals surface area contributed by atoms with Gasteiger partial charge in [0.05, 0.1) is 30.7 Å². The van der Waals surface area contributed by atoms with Gasteiger partial charge in [-0.3, -0.25) is 0 Å². The third kappa shape index (κ3) is 4.72. The van der Waals surface area contributed by atoms with Crippen LogP contribution >= 0.6 is 0 Å². The van der Waals surface area contributed by atoms with E-state index in [1.54, 1.807) is 31.4 Å². The van der Waals surface area contributed by atoms with E-state index in [1.165, 1.54) is 0 Å². The van der Waals surface area contributed by atoms with E-state index in [2.05, 4.69) is 19.9 Å². The maximum atomic E-state index is 12.8.